The maximum atomic E-state index is 8.77. The second-order valence-electron chi connectivity index (χ2n) is 6.99. The van der Waals surface area contributed by atoms with Crippen LogP contribution in [0.25, 0.3) is 0 Å². The summed E-state index contributed by atoms with van der Waals surface area (Å²) >= 11 is 0. The number of pyridine rings is 1. The van der Waals surface area contributed by atoms with Crippen LogP contribution in [-0.4, -0.2) is 39.7 Å². The van der Waals surface area contributed by atoms with E-state index in [1.807, 2.05) is 4.68 Å². The van der Waals surface area contributed by atoms with E-state index in [1.54, 1.807) is 18.5 Å². The van der Waals surface area contributed by atoms with Gasteiger partial charge in [-0.3, -0.25) is 10.1 Å². The number of ether oxygens (including phenoxy) is 1. The molecule has 0 aromatic carbocycles. The maximum absolute atomic E-state index is 8.77. The molecule has 0 amide bonds. The predicted octanol–water partition coefficient (Wildman–Crippen LogP) is 2.36. The Labute approximate surface area is 147 Å². The van der Waals surface area contributed by atoms with Crippen LogP contribution in [0, 0.1) is 5.41 Å². The van der Waals surface area contributed by atoms with Gasteiger partial charge in [0.25, 0.3) is 0 Å². The van der Waals surface area contributed by atoms with Crippen LogP contribution < -0.4 is 10.6 Å². The van der Waals surface area contributed by atoms with Gasteiger partial charge in [-0.05, 0) is 32.8 Å². The molecule has 0 radical (unpaired) electrons. The fraction of sp³-hybridized carbons (Fsp3) is 0.500. The molecule has 0 unspecified atom stereocenters. The van der Waals surface area contributed by atoms with Crippen molar-refractivity contribution in [1.82, 2.24) is 14.8 Å². The van der Waals surface area contributed by atoms with Gasteiger partial charge in [-0.15, -0.1) is 0 Å². The van der Waals surface area contributed by atoms with E-state index in [-0.39, 0.29) is 6.04 Å². The number of nitrogens with one attached hydrogen (secondary N) is 1. The molecule has 0 saturated carbocycles. The third-order valence-electron chi connectivity index (χ3n) is 5.09. The summed E-state index contributed by atoms with van der Waals surface area (Å²) in [6.45, 7) is 6.42. The number of nitrogen functional groups attached to an aromatic ring is 1. The molecule has 25 heavy (non-hydrogen) atoms. The van der Waals surface area contributed by atoms with Gasteiger partial charge in [0, 0.05) is 42.7 Å². The summed E-state index contributed by atoms with van der Waals surface area (Å²) in [6.07, 6.45) is 5.43. The standard InChI is InChI=1S/C18H24N6O/c1-11(2)24-15-10-23(12-4-7-25-8-5-12)18-16(14(19)3-6-21-18)17(20)13(15)9-22-24/h3,6,9,11-12,20H,4-5,7-8,10H2,1-2H3,(H2,19,21). The van der Waals surface area contributed by atoms with Crippen LogP contribution in [0.15, 0.2) is 18.5 Å². The zero-order valence-corrected chi connectivity index (χ0v) is 14.7. The Morgan fingerprint density at radius 2 is 2.08 bits per heavy atom. The number of anilines is 2. The van der Waals surface area contributed by atoms with Crippen LogP contribution in [0.1, 0.15) is 49.6 Å². The fourth-order valence-electron chi connectivity index (χ4n) is 3.81. The number of hydrogen-bond acceptors (Lipinski definition) is 6. The monoisotopic (exact) mass is 340 g/mol. The Kier molecular flexibility index (Phi) is 3.95. The lowest BCUT2D eigenvalue weighted by Crippen LogP contribution is -2.40. The predicted molar refractivity (Wildman–Crippen MR) is 97.2 cm³/mol. The molecule has 2 aromatic rings. The summed E-state index contributed by atoms with van der Waals surface area (Å²) in [4.78, 5) is 6.92. The van der Waals surface area contributed by atoms with Crippen LogP contribution in [0.2, 0.25) is 0 Å². The van der Waals surface area contributed by atoms with Crippen LogP contribution in [-0.2, 0) is 11.3 Å². The Morgan fingerprint density at radius 3 is 2.80 bits per heavy atom. The number of rotatable bonds is 2. The van der Waals surface area contributed by atoms with Gasteiger partial charge in [0.05, 0.1) is 29.7 Å². The average molecular weight is 340 g/mol. The summed E-state index contributed by atoms with van der Waals surface area (Å²) in [7, 11) is 0. The van der Waals surface area contributed by atoms with Crippen molar-refractivity contribution in [2.75, 3.05) is 23.8 Å². The van der Waals surface area contributed by atoms with E-state index in [4.69, 9.17) is 15.9 Å². The molecule has 4 rings (SSSR count). The number of nitrogens with zero attached hydrogens (tertiary/aromatic N) is 4. The number of hydrogen-bond donors (Lipinski definition) is 2. The molecule has 2 aromatic heterocycles. The van der Waals surface area contributed by atoms with E-state index < -0.39 is 0 Å². The van der Waals surface area contributed by atoms with Crippen molar-refractivity contribution in [2.45, 2.75) is 45.3 Å². The molecule has 1 fully saturated rings. The Hall–Kier alpha value is -2.41. The van der Waals surface area contributed by atoms with Crippen molar-refractivity contribution in [3.05, 3.63) is 35.3 Å². The second-order valence-corrected chi connectivity index (χ2v) is 6.99. The number of fused-ring (bicyclic) bond motifs is 2. The summed E-state index contributed by atoms with van der Waals surface area (Å²) in [5.41, 5.74) is 9.89. The zero-order valence-electron chi connectivity index (χ0n) is 14.7. The highest BCUT2D eigenvalue weighted by atomic mass is 16.5. The maximum Gasteiger partial charge on any atom is 0.140 e. The number of aromatic nitrogens is 3. The molecule has 7 nitrogen and oxygen atoms in total. The Morgan fingerprint density at radius 1 is 1.32 bits per heavy atom. The molecule has 0 aliphatic carbocycles. The van der Waals surface area contributed by atoms with Gasteiger partial charge in [-0.25, -0.2) is 4.98 Å². The summed E-state index contributed by atoms with van der Waals surface area (Å²) in [5, 5.41) is 13.3. The third kappa shape index (κ3) is 2.59. The minimum atomic E-state index is 0.236. The molecule has 2 aliphatic rings. The molecule has 4 heterocycles. The first-order valence-electron chi connectivity index (χ1n) is 8.82. The van der Waals surface area contributed by atoms with Crippen molar-refractivity contribution in [1.29, 1.82) is 5.41 Å². The molecule has 2 aliphatic heterocycles. The summed E-state index contributed by atoms with van der Waals surface area (Å²) in [6, 6.07) is 2.34. The van der Waals surface area contributed by atoms with E-state index in [1.165, 1.54) is 0 Å². The molecule has 1 saturated heterocycles. The molecular weight excluding hydrogens is 316 g/mol. The SMILES string of the molecule is CC(C)n1ncc2c1CN(C1CCOCC1)c1nccc(N)c1C2=N. The molecule has 7 heteroatoms. The molecule has 132 valence electrons. The van der Waals surface area contributed by atoms with Gasteiger partial charge >= 0.3 is 0 Å². The highest BCUT2D eigenvalue weighted by Gasteiger charge is 2.33. The Balaban J connectivity index is 1.89. The first-order chi connectivity index (χ1) is 12.1. The lowest BCUT2D eigenvalue weighted by Gasteiger charge is -2.35. The van der Waals surface area contributed by atoms with E-state index in [0.717, 1.165) is 48.7 Å². The van der Waals surface area contributed by atoms with Gasteiger partial charge in [-0.1, -0.05) is 0 Å². The smallest absolute Gasteiger partial charge is 0.140 e. The lowest BCUT2D eigenvalue weighted by atomic mass is 10.0. The first-order valence-corrected chi connectivity index (χ1v) is 8.82. The highest BCUT2D eigenvalue weighted by Crippen LogP contribution is 2.35. The number of nitrogens with two attached hydrogens (primary N) is 1. The molecular formula is C18H24N6O. The van der Waals surface area contributed by atoms with E-state index in [0.29, 0.717) is 24.0 Å². The highest BCUT2D eigenvalue weighted by molar-refractivity contribution is 6.17. The lowest BCUT2D eigenvalue weighted by molar-refractivity contribution is 0.0838. The molecule has 3 N–H and O–H groups in total. The van der Waals surface area contributed by atoms with Gasteiger partial charge in [0.1, 0.15) is 5.82 Å². The van der Waals surface area contributed by atoms with E-state index in [9.17, 15) is 0 Å². The van der Waals surface area contributed by atoms with Crippen LogP contribution >= 0.6 is 0 Å². The molecule has 0 spiro atoms. The van der Waals surface area contributed by atoms with Gasteiger partial charge in [0.15, 0.2) is 0 Å². The largest absolute Gasteiger partial charge is 0.398 e. The van der Waals surface area contributed by atoms with Crippen LogP contribution in [0.4, 0.5) is 11.5 Å². The Bertz CT molecular complexity index is 806. The van der Waals surface area contributed by atoms with E-state index in [2.05, 4.69) is 28.8 Å². The van der Waals surface area contributed by atoms with Crippen LogP contribution in [0.5, 0.6) is 0 Å². The van der Waals surface area contributed by atoms with Crippen molar-refractivity contribution >= 4 is 17.2 Å². The van der Waals surface area contributed by atoms with Crippen molar-refractivity contribution in [2.24, 2.45) is 0 Å². The average Bonchev–Trinajstić information content (AvgIpc) is 2.98. The second kappa shape index (κ2) is 6.15. The van der Waals surface area contributed by atoms with Gasteiger partial charge in [0.2, 0.25) is 0 Å². The van der Waals surface area contributed by atoms with Crippen LogP contribution in [0.3, 0.4) is 0 Å². The summed E-state index contributed by atoms with van der Waals surface area (Å²) < 4.78 is 7.55. The van der Waals surface area contributed by atoms with Gasteiger partial charge in [-0.2, -0.15) is 5.10 Å². The van der Waals surface area contributed by atoms with Crippen molar-refractivity contribution < 1.29 is 4.74 Å². The first kappa shape index (κ1) is 16.1. The van der Waals surface area contributed by atoms with Crippen molar-refractivity contribution in [3.8, 4) is 0 Å². The quantitative estimate of drug-likeness (QED) is 0.875. The van der Waals surface area contributed by atoms with E-state index >= 15 is 0 Å². The summed E-state index contributed by atoms with van der Waals surface area (Å²) in [5.74, 6) is 0.809. The topological polar surface area (TPSA) is 93.1 Å². The molecule has 0 atom stereocenters. The minimum absolute atomic E-state index is 0.236. The van der Waals surface area contributed by atoms with Gasteiger partial charge < -0.3 is 15.4 Å². The van der Waals surface area contributed by atoms with Crippen molar-refractivity contribution in [3.63, 3.8) is 0 Å². The minimum Gasteiger partial charge on any atom is -0.398 e. The normalized spacial score (nSPS) is 18.2. The fourth-order valence-corrected chi connectivity index (χ4v) is 3.81. The zero-order chi connectivity index (χ0) is 17.6. The third-order valence-corrected chi connectivity index (χ3v) is 5.09. The molecule has 0 bridgehead atoms.